The minimum Gasteiger partial charge on any atom is -0.360 e. The Kier molecular flexibility index (Phi) is 5.31. The van der Waals surface area contributed by atoms with Crippen LogP contribution in [0.4, 0.5) is 0 Å². The summed E-state index contributed by atoms with van der Waals surface area (Å²) in [6.07, 6.45) is 1.12. The minimum absolute atomic E-state index is 0.00280. The number of rotatable bonds is 4. The lowest BCUT2D eigenvalue weighted by molar-refractivity contribution is -0.119. The standard InChI is InChI=1S/C12H23N3OS/c1-9(2)7-13-10(16)8-14-11-15-12(3,4)5-6-17-11/h9H,5-8H2,1-4H3,(H,13,16)(H,14,15). The van der Waals surface area contributed by atoms with E-state index in [1.54, 1.807) is 11.8 Å². The third-order valence-corrected chi connectivity index (χ3v) is 3.40. The highest BCUT2D eigenvalue weighted by Crippen LogP contribution is 2.21. The number of nitrogens with zero attached hydrogens (tertiary/aromatic N) is 1. The first-order valence-electron chi connectivity index (χ1n) is 6.11. The van der Waals surface area contributed by atoms with Gasteiger partial charge in [-0.1, -0.05) is 25.6 Å². The third-order valence-electron chi connectivity index (χ3n) is 2.48. The van der Waals surface area contributed by atoms with Crippen LogP contribution in [0.25, 0.3) is 0 Å². The van der Waals surface area contributed by atoms with Crippen LogP contribution < -0.4 is 10.6 Å². The first-order chi connectivity index (χ1) is 7.89. The van der Waals surface area contributed by atoms with Crippen LogP contribution in [0.1, 0.15) is 34.1 Å². The smallest absolute Gasteiger partial charge is 0.241 e. The maximum Gasteiger partial charge on any atom is 0.241 e. The predicted octanol–water partition coefficient (Wildman–Crippen LogP) is 1.62. The molecule has 0 aromatic heterocycles. The summed E-state index contributed by atoms with van der Waals surface area (Å²) in [6, 6.07) is 0. The molecule has 1 aliphatic rings. The van der Waals surface area contributed by atoms with Crippen molar-refractivity contribution in [2.45, 2.75) is 39.7 Å². The van der Waals surface area contributed by atoms with Crippen LogP contribution in [0, 0.1) is 5.92 Å². The number of carbonyl (C=O) groups is 1. The van der Waals surface area contributed by atoms with E-state index in [9.17, 15) is 4.79 Å². The monoisotopic (exact) mass is 257 g/mol. The van der Waals surface area contributed by atoms with Gasteiger partial charge in [-0.15, -0.1) is 0 Å². The van der Waals surface area contributed by atoms with E-state index in [0.717, 1.165) is 23.9 Å². The van der Waals surface area contributed by atoms with Crippen LogP contribution in [0.2, 0.25) is 0 Å². The average molecular weight is 257 g/mol. The number of nitrogens with one attached hydrogen (secondary N) is 2. The molecule has 17 heavy (non-hydrogen) atoms. The quantitative estimate of drug-likeness (QED) is 0.804. The zero-order valence-electron chi connectivity index (χ0n) is 11.2. The number of amides is 1. The van der Waals surface area contributed by atoms with Crippen molar-refractivity contribution < 1.29 is 4.79 Å². The summed E-state index contributed by atoms with van der Waals surface area (Å²) in [6.45, 7) is 9.40. The minimum atomic E-state index is -0.00280. The van der Waals surface area contributed by atoms with Crippen LogP contribution in [-0.4, -0.2) is 35.5 Å². The Morgan fingerprint density at radius 2 is 2.29 bits per heavy atom. The van der Waals surface area contributed by atoms with Crippen LogP contribution >= 0.6 is 11.8 Å². The van der Waals surface area contributed by atoms with Gasteiger partial charge in [0, 0.05) is 17.8 Å². The first-order valence-corrected chi connectivity index (χ1v) is 7.10. The van der Waals surface area contributed by atoms with Crippen molar-refractivity contribution in [3.05, 3.63) is 0 Å². The van der Waals surface area contributed by atoms with Crippen LogP contribution in [0.5, 0.6) is 0 Å². The largest absolute Gasteiger partial charge is 0.360 e. The Labute approximate surface area is 108 Å². The highest BCUT2D eigenvalue weighted by Gasteiger charge is 2.24. The van der Waals surface area contributed by atoms with Crippen molar-refractivity contribution in [1.82, 2.24) is 10.6 Å². The third kappa shape index (κ3) is 5.96. The van der Waals surface area contributed by atoms with Gasteiger partial charge in [0.25, 0.3) is 0 Å². The summed E-state index contributed by atoms with van der Waals surface area (Å²) in [5.41, 5.74) is 0.0957. The molecule has 0 unspecified atom stereocenters. The lowest BCUT2D eigenvalue weighted by atomic mass is 10.0. The second-order valence-electron chi connectivity index (χ2n) is 5.43. The molecule has 1 fully saturated rings. The van der Waals surface area contributed by atoms with Crippen LogP contribution in [-0.2, 0) is 4.79 Å². The summed E-state index contributed by atoms with van der Waals surface area (Å²) in [4.78, 5) is 15.8. The Bertz CT molecular complexity index is 300. The summed E-state index contributed by atoms with van der Waals surface area (Å²) in [5, 5.41) is 7.10. The molecule has 98 valence electrons. The molecule has 0 aliphatic carbocycles. The molecule has 5 heteroatoms. The van der Waals surface area contributed by atoms with Crippen molar-refractivity contribution in [3.8, 4) is 0 Å². The van der Waals surface area contributed by atoms with Gasteiger partial charge in [-0.3, -0.25) is 9.79 Å². The van der Waals surface area contributed by atoms with Crippen molar-refractivity contribution in [3.63, 3.8) is 0 Å². The number of hydrogen-bond acceptors (Lipinski definition) is 3. The fourth-order valence-electron chi connectivity index (χ4n) is 1.39. The van der Waals surface area contributed by atoms with E-state index < -0.39 is 0 Å². The number of carbonyl (C=O) groups excluding carboxylic acids is 1. The Hall–Kier alpha value is -0.710. The van der Waals surface area contributed by atoms with E-state index in [-0.39, 0.29) is 18.0 Å². The van der Waals surface area contributed by atoms with Gasteiger partial charge in [0.1, 0.15) is 6.54 Å². The lowest BCUT2D eigenvalue weighted by Gasteiger charge is -2.32. The summed E-state index contributed by atoms with van der Waals surface area (Å²) in [7, 11) is 0. The lowest BCUT2D eigenvalue weighted by Crippen LogP contribution is -2.46. The number of thioether (sulfide) groups is 1. The fourth-order valence-corrected chi connectivity index (χ4v) is 2.70. The molecule has 0 spiro atoms. The summed E-state index contributed by atoms with van der Waals surface area (Å²) < 4.78 is 0. The van der Waals surface area contributed by atoms with Gasteiger partial charge in [0.15, 0.2) is 5.17 Å². The van der Waals surface area contributed by atoms with E-state index in [4.69, 9.17) is 0 Å². The molecule has 0 bridgehead atoms. The summed E-state index contributed by atoms with van der Waals surface area (Å²) >= 11 is 1.69. The average Bonchev–Trinajstić information content (AvgIpc) is 2.22. The number of amidine groups is 1. The topological polar surface area (TPSA) is 53.5 Å². The van der Waals surface area contributed by atoms with Crippen molar-refractivity contribution in [2.24, 2.45) is 10.9 Å². The second-order valence-corrected chi connectivity index (χ2v) is 6.51. The van der Waals surface area contributed by atoms with Gasteiger partial charge < -0.3 is 10.6 Å². The van der Waals surface area contributed by atoms with Gasteiger partial charge in [-0.25, -0.2) is 0 Å². The van der Waals surface area contributed by atoms with Crippen molar-refractivity contribution in [2.75, 3.05) is 18.8 Å². The van der Waals surface area contributed by atoms with E-state index in [0.29, 0.717) is 5.92 Å². The van der Waals surface area contributed by atoms with E-state index in [1.807, 2.05) is 0 Å². The van der Waals surface area contributed by atoms with Gasteiger partial charge in [0.2, 0.25) is 5.91 Å². The predicted molar refractivity (Wildman–Crippen MR) is 74.4 cm³/mol. The molecular weight excluding hydrogens is 234 g/mol. The molecule has 1 heterocycles. The van der Waals surface area contributed by atoms with Gasteiger partial charge in [-0.05, 0) is 26.2 Å². The Morgan fingerprint density at radius 3 is 2.88 bits per heavy atom. The molecule has 0 saturated carbocycles. The van der Waals surface area contributed by atoms with Crippen molar-refractivity contribution >= 4 is 22.8 Å². The second kappa shape index (κ2) is 6.28. The molecule has 2 N–H and O–H groups in total. The molecule has 4 nitrogen and oxygen atoms in total. The Balaban J connectivity index is 2.35. The zero-order valence-corrected chi connectivity index (χ0v) is 12.0. The van der Waals surface area contributed by atoms with Gasteiger partial charge in [-0.2, -0.15) is 0 Å². The summed E-state index contributed by atoms with van der Waals surface area (Å²) in [5.74, 6) is 1.54. The van der Waals surface area contributed by atoms with Gasteiger partial charge >= 0.3 is 0 Å². The fraction of sp³-hybridized carbons (Fsp3) is 0.833. The number of hydrogen-bond donors (Lipinski definition) is 2. The number of aliphatic imine (C=N–C) groups is 1. The first kappa shape index (κ1) is 14.4. The maximum absolute atomic E-state index is 11.5. The SMILES string of the molecule is CC(C)CNC(=O)CN=C1NC(C)(C)CCS1. The van der Waals surface area contributed by atoms with E-state index in [1.165, 1.54) is 0 Å². The van der Waals surface area contributed by atoms with Gasteiger partial charge in [0.05, 0.1) is 0 Å². The van der Waals surface area contributed by atoms with E-state index in [2.05, 4.69) is 43.3 Å². The Morgan fingerprint density at radius 1 is 1.59 bits per heavy atom. The molecule has 1 rings (SSSR count). The molecular formula is C12H23N3OS. The van der Waals surface area contributed by atoms with Crippen molar-refractivity contribution in [1.29, 1.82) is 0 Å². The molecule has 0 radical (unpaired) electrons. The van der Waals surface area contributed by atoms with E-state index >= 15 is 0 Å². The molecule has 1 saturated heterocycles. The zero-order chi connectivity index (χ0) is 12.9. The maximum atomic E-state index is 11.5. The van der Waals surface area contributed by atoms with Crippen LogP contribution in [0.15, 0.2) is 4.99 Å². The molecule has 1 aliphatic heterocycles. The molecule has 0 aromatic rings. The van der Waals surface area contributed by atoms with Crippen LogP contribution in [0.3, 0.4) is 0 Å². The normalized spacial score (nSPS) is 21.4. The molecule has 0 atom stereocenters. The molecule has 1 amide bonds. The highest BCUT2D eigenvalue weighted by atomic mass is 32.2. The molecule has 0 aromatic carbocycles. The highest BCUT2D eigenvalue weighted by molar-refractivity contribution is 8.13.